The molecule has 0 atom stereocenters. The third-order valence-electron chi connectivity index (χ3n) is 5.82. The van der Waals surface area contributed by atoms with Gasteiger partial charge in [-0.25, -0.2) is 9.67 Å². The molecule has 4 rings (SSSR count). The molecule has 0 saturated carbocycles. The fraction of sp³-hybridized carbons (Fsp3) is 0.391. The summed E-state index contributed by atoms with van der Waals surface area (Å²) in [6.45, 7) is 8.49. The van der Waals surface area contributed by atoms with Crippen molar-refractivity contribution in [2.24, 2.45) is 5.92 Å². The zero-order chi connectivity index (χ0) is 22.7. The number of aromatic nitrogens is 3. The van der Waals surface area contributed by atoms with Crippen molar-refractivity contribution in [3.05, 3.63) is 57.2 Å². The molecule has 0 aliphatic carbocycles. The number of benzene rings is 1. The number of hydrogen-bond donors (Lipinski definition) is 2. The van der Waals surface area contributed by atoms with Crippen molar-refractivity contribution in [1.29, 1.82) is 0 Å². The van der Waals surface area contributed by atoms with Gasteiger partial charge in [0.1, 0.15) is 5.82 Å². The number of carbonyl (C=O) groups is 1. The topological polar surface area (TPSA) is 75.1 Å². The quantitative estimate of drug-likeness (QED) is 0.493. The van der Waals surface area contributed by atoms with Crippen LogP contribution in [0.25, 0.3) is 0 Å². The van der Waals surface area contributed by atoms with Crippen molar-refractivity contribution in [3.8, 4) is 0 Å². The van der Waals surface area contributed by atoms with Crippen LogP contribution >= 0.6 is 23.6 Å². The molecule has 7 nitrogen and oxygen atoms in total. The van der Waals surface area contributed by atoms with Gasteiger partial charge in [-0.05, 0) is 86.8 Å². The molecule has 0 bridgehead atoms. The summed E-state index contributed by atoms with van der Waals surface area (Å²) in [7, 11) is 0. The van der Waals surface area contributed by atoms with Crippen LogP contribution in [0.3, 0.4) is 0 Å². The molecule has 1 saturated heterocycles. The lowest BCUT2D eigenvalue weighted by Crippen LogP contribution is -2.39. The lowest BCUT2D eigenvalue weighted by Gasteiger charge is -2.30. The molecule has 0 radical (unpaired) electrons. The summed E-state index contributed by atoms with van der Waals surface area (Å²) in [4.78, 5) is 19.1. The Morgan fingerprint density at radius 2 is 1.94 bits per heavy atom. The van der Waals surface area contributed by atoms with Crippen molar-refractivity contribution in [2.75, 3.05) is 23.7 Å². The van der Waals surface area contributed by atoms with Crippen molar-refractivity contribution in [3.63, 3.8) is 0 Å². The largest absolute Gasteiger partial charge is 0.330 e. The second-order valence-electron chi connectivity index (χ2n) is 8.34. The van der Waals surface area contributed by atoms with Crippen LogP contribution in [0.4, 0.5) is 16.6 Å². The molecule has 1 aliphatic heterocycles. The molecule has 1 aromatic carbocycles. The number of carbonyl (C=O) groups excluding carboxylic acids is 1. The molecule has 0 unspecified atom stereocenters. The zero-order valence-electron chi connectivity index (χ0n) is 18.6. The molecule has 0 spiro atoms. The van der Waals surface area contributed by atoms with Crippen LogP contribution in [0.1, 0.15) is 29.5 Å². The normalized spacial score (nSPS) is 15.0. The van der Waals surface area contributed by atoms with E-state index in [2.05, 4.69) is 57.7 Å². The van der Waals surface area contributed by atoms with Crippen LogP contribution in [-0.2, 0) is 11.5 Å². The van der Waals surface area contributed by atoms with Gasteiger partial charge >= 0.3 is 0 Å². The number of pyridine rings is 1. The molecule has 9 heteroatoms. The first-order valence-electron chi connectivity index (χ1n) is 10.8. The molecule has 1 fully saturated rings. The monoisotopic (exact) mass is 468 g/mol. The van der Waals surface area contributed by atoms with E-state index in [0.29, 0.717) is 12.5 Å². The smallest absolute Gasteiger partial charge is 0.228 e. The summed E-state index contributed by atoms with van der Waals surface area (Å²) in [6, 6.07) is 10.1. The summed E-state index contributed by atoms with van der Waals surface area (Å²) in [5.74, 6) is 0.668. The van der Waals surface area contributed by atoms with E-state index < -0.39 is 0 Å². The van der Waals surface area contributed by atoms with Crippen molar-refractivity contribution >= 4 is 46.1 Å². The fourth-order valence-electron chi connectivity index (χ4n) is 3.75. The molecule has 168 valence electrons. The zero-order valence-corrected chi connectivity index (χ0v) is 20.2. The second-order valence-corrected chi connectivity index (χ2v) is 9.96. The number of nitrogens with zero attached hydrogens (tertiary/aromatic N) is 4. The molecule has 1 amide bonds. The van der Waals surface area contributed by atoms with Crippen LogP contribution in [0.5, 0.6) is 0 Å². The van der Waals surface area contributed by atoms with E-state index in [9.17, 15) is 4.79 Å². The highest BCUT2D eigenvalue weighted by molar-refractivity contribution is 7.73. The van der Waals surface area contributed by atoms with Crippen molar-refractivity contribution in [2.45, 2.75) is 40.3 Å². The minimum atomic E-state index is -0.000951. The summed E-state index contributed by atoms with van der Waals surface area (Å²) < 4.78 is 2.60. The van der Waals surface area contributed by atoms with E-state index in [0.717, 1.165) is 46.3 Å². The van der Waals surface area contributed by atoms with Gasteiger partial charge in [-0.1, -0.05) is 17.4 Å². The van der Waals surface area contributed by atoms with Gasteiger partial charge in [-0.15, -0.1) is 5.10 Å². The molecule has 2 N–H and O–H groups in total. The van der Waals surface area contributed by atoms with E-state index in [-0.39, 0.29) is 11.8 Å². The first-order valence-corrected chi connectivity index (χ1v) is 12.0. The van der Waals surface area contributed by atoms with Gasteiger partial charge in [-0.2, -0.15) is 0 Å². The van der Waals surface area contributed by atoms with Crippen molar-refractivity contribution < 1.29 is 4.79 Å². The predicted molar refractivity (Wildman–Crippen MR) is 132 cm³/mol. The summed E-state index contributed by atoms with van der Waals surface area (Å²) in [6.07, 6.45) is 3.33. The number of nitrogens with one attached hydrogen (secondary N) is 2. The Morgan fingerprint density at radius 3 is 2.66 bits per heavy atom. The second kappa shape index (κ2) is 9.89. The Balaban J connectivity index is 1.30. The SMILES string of the molecule is Cc1ccnc(NC(=O)C2CCN(Cn3nc(Nc4ccc(C)c(C)c4)sc3=S)CC2)c1. The standard InChI is InChI=1S/C23H28N6OS2/c1-15-6-9-24-20(12-15)26-21(30)18-7-10-28(11-8-18)14-29-23(31)32-22(27-29)25-19-5-4-16(2)17(3)13-19/h4-6,9,12-13,18H,7-8,10-11,14H2,1-3H3,(H,25,27)(H,24,26,30). The Morgan fingerprint density at radius 1 is 1.16 bits per heavy atom. The molecule has 2 aromatic heterocycles. The summed E-state index contributed by atoms with van der Waals surface area (Å²) >= 11 is 7.01. The maximum Gasteiger partial charge on any atom is 0.228 e. The predicted octanol–water partition coefficient (Wildman–Crippen LogP) is 5.05. The third kappa shape index (κ3) is 5.59. The number of piperidine rings is 1. The van der Waals surface area contributed by atoms with Gasteiger partial charge in [0, 0.05) is 30.9 Å². The number of rotatable bonds is 6. The van der Waals surface area contributed by atoms with E-state index >= 15 is 0 Å². The van der Waals surface area contributed by atoms with E-state index in [4.69, 9.17) is 12.2 Å². The van der Waals surface area contributed by atoms with Gasteiger partial charge in [0.25, 0.3) is 0 Å². The summed E-state index contributed by atoms with van der Waals surface area (Å²) in [5, 5.41) is 11.8. The fourth-order valence-corrected chi connectivity index (χ4v) is 4.76. The van der Waals surface area contributed by atoms with Crippen LogP contribution in [-0.4, -0.2) is 38.7 Å². The molecule has 3 heterocycles. The molecular weight excluding hydrogens is 440 g/mol. The highest BCUT2D eigenvalue weighted by atomic mass is 32.1. The molecule has 3 aromatic rings. The summed E-state index contributed by atoms with van der Waals surface area (Å²) in [5.41, 5.74) is 4.60. The van der Waals surface area contributed by atoms with E-state index in [1.165, 1.54) is 22.5 Å². The number of aryl methyl sites for hydroxylation is 3. The highest BCUT2D eigenvalue weighted by Crippen LogP contribution is 2.24. The minimum absolute atomic E-state index is 0.000951. The maximum atomic E-state index is 12.6. The van der Waals surface area contributed by atoms with Crippen LogP contribution in [0.2, 0.25) is 0 Å². The Bertz CT molecular complexity index is 1160. The Hall–Kier alpha value is -2.62. The van der Waals surface area contributed by atoms with Crippen LogP contribution in [0, 0.1) is 30.6 Å². The van der Waals surface area contributed by atoms with Crippen LogP contribution < -0.4 is 10.6 Å². The van der Waals surface area contributed by atoms with Gasteiger partial charge in [0.05, 0.1) is 6.67 Å². The van der Waals surface area contributed by atoms with Gasteiger partial charge in [0.2, 0.25) is 11.0 Å². The highest BCUT2D eigenvalue weighted by Gasteiger charge is 2.25. The molecular formula is C23H28N6OS2. The van der Waals surface area contributed by atoms with Crippen molar-refractivity contribution in [1.82, 2.24) is 19.7 Å². The van der Waals surface area contributed by atoms with Gasteiger partial charge in [-0.3, -0.25) is 9.69 Å². The molecule has 32 heavy (non-hydrogen) atoms. The molecule has 1 aliphatic rings. The van der Waals surface area contributed by atoms with E-state index in [1.54, 1.807) is 6.20 Å². The number of likely N-dealkylation sites (tertiary alicyclic amines) is 1. The van der Waals surface area contributed by atoms with E-state index in [1.807, 2.05) is 23.7 Å². The Labute approximate surface area is 197 Å². The third-order valence-corrected chi connectivity index (χ3v) is 7.05. The van der Waals surface area contributed by atoms with Crippen LogP contribution in [0.15, 0.2) is 36.5 Å². The maximum absolute atomic E-state index is 12.6. The van der Waals surface area contributed by atoms with Gasteiger partial charge < -0.3 is 10.6 Å². The lowest BCUT2D eigenvalue weighted by molar-refractivity contribution is -0.121. The van der Waals surface area contributed by atoms with Gasteiger partial charge in [0.15, 0.2) is 3.95 Å². The lowest BCUT2D eigenvalue weighted by atomic mass is 9.96. The number of anilines is 3. The number of amides is 1. The first kappa shape index (κ1) is 22.6. The average molecular weight is 469 g/mol. The average Bonchev–Trinajstić information content (AvgIpc) is 3.10. The Kier molecular flexibility index (Phi) is 6.98. The first-order chi connectivity index (χ1) is 15.4. The number of hydrogen-bond acceptors (Lipinski definition) is 7. The minimum Gasteiger partial charge on any atom is -0.330 e.